The molecule has 144 valence electrons. The summed E-state index contributed by atoms with van der Waals surface area (Å²) in [5.41, 5.74) is 0.419. The van der Waals surface area contributed by atoms with E-state index in [4.69, 9.17) is 23.2 Å². The number of alkyl halides is 2. The number of rotatable bonds is 7. The van der Waals surface area contributed by atoms with Crippen molar-refractivity contribution in [3.63, 3.8) is 0 Å². The van der Waals surface area contributed by atoms with Crippen molar-refractivity contribution in [2.45, 2.75) is 6.61 Å². The van der Waals surface area contributed by atoms with Crippen molar-refractivity contribution in [1.82, 2.24) is 10.6 Å². The van der Waals surface area contributed by atoms with Gasteiger partial charge in [0.15, 0.2) is 0 Å². The van der Waals surface area contributed by atoms with Gasteiger partial charge in [0.25, 0.3) is 5.91 Å². The number of anilines is 1. The van der Waals surface area contributed by atoms with Crippen LogP contribution in [0.2, 0.25) is 10.0 Å². The van der Waals surface area contributed by atoms with Crippen LogP contribution in [0.15, 0.2) is 42.5 Å². The molecule has 2 aromatic rings. The Balaban J connectivity index is 1.78. The second kappa shape index (κ2) is 9.94. The Hall–Kier alpha value is -2.58. The van der Waals surface area contributed by atoms with E-state index in [1.807, 2.05) is 0 Å². The summed E-state index contributed by atoms with van der Waals surface area (Å²) in [5, 5.41) is 8.07. The molecule has 0 bridgehead atoms. The number of hydrogen-bond acceptors (Lipinski definition) is 3. The topological polar surface area (TPSA) is 79.5 Å². The number of para-hydroxylation sites is 2. The summed E-state index contributed by atoms with van der Waals surface area (Å²) in [6, 6.07) is 9.60. The average Bonchev–Trinajstić information content (AvgIpc) is 2.62. The molecule has 2 aromatic carbocycles. The Bertz CT molecular complexity index is 822. The molecule has 3 amide bonds. The lowest BCUT2D eigenvalue weighted by molar-refractivity contribution is -0.0493. The van der Waals surface area contributed by atoms with E-state index in [9.17, 15) is 18.4 Å². The molecule has 6 nitrogen and oxygen atoms in total. The van der Waals surface area contributed by atoms with E-state index >= 15 is 0 Å². The predicted octanol–water partition coefficient (Wildman–Crippen LogP) is 4.15. The lowest BCUT2D eigenvalue weighted by Gasteiger charge is -2.12. The van der Waals surface area contributed by atoms with Crippen molar-refractivity contribution in [2.75, 3.05) is 18.4 Å². The minimum absolute atomic E-state index is 0.0927. The molecule has 0 radical (unpaired) electrons. The first kappa shape index (κ1) is 20.7. The fourth-order valence-corrected chi connectivity index (χ4v) is 2.32. The fourth-order valence-electron chi connectivity index (χ4n) is 2.03. The third kappa shape index (κ3) is 6.58. The highest BCUT2D eigenvalue weighted by Crippen LogP contribution is 2.25. The van der Waals surface area contributed by atoms with Crippen LogP contribution in [0.3, 0.4) is 0 Å². The first-order valence-corrected chi connectivity index (χ1v) is 8.44. The van der Waals surface area contributed by atoms with E-state index in [2.05, 4.69) is 20.7 Å². The van der Waals surface area contributed by atoms with Crippen molar-refractivity contribution in [1.29, 1.82) is 0 Å². The van der Waals surface area contributed by atoms with Gasteiger partial charge < -0.3 is 20.7 Å². The van der Waals surface area contributed by atoms with Gasteiger partial charge in [-0.3, -0.25) is 4.79 Å². The molecule has 0 saturated heterocycles. The normalized spacial score (nSPS) is 10.4. The van der Waals surface area contributed by atoms with Gasteiger partial charge in [0.2, 0.25) is 0 Å². The van der Waals surface area contributed by atoms with E-state index in [1.54, 1.807) is 6.07 Å². The zero-order valence-corrected chi connectivity index (χ0v) is 15.3. The molecule has 0 heterocycles. The SMILES string of the molecule is O=C(NCCNC(=O)c1ccc(Cl)c(Cl)c1)Nc1ccccc1OC(F)F. The molecule has 3 N–H and O–H groups in total. The van der Waals surface area contributed by atoms with Crippen molar-refractivity contribution in [3.05, 3.63) is 58.1 Å². The van der Waals surface area contributed by atoms with Gasteiger partial charge in [-0.15, -0.1) is 0 Å². The highest BCUT2D eigenvalue weighted by molar-refractivity contribution is 6.42. The second-order valence-corrected chi connectivity index (χ2v) is 5.95. The molecule has 0 saturated carbocycles. The molecule has 2 rings (SSSR count). The van der Waals surface area contributed by atoms with Crippen LogP contribution < -0.4 is 20.7 Å². The number of benzene rings is 2. The minimum atomic E-state index is -3.01. The number of carbonyl (C=O) groups excluding carboxylic acids is 2. The third-order valence-corrected chi connectivity index (χ3v) is 3.97. The van der Waals surface area contributed by atoms with E-state index < -0.39 is 12.6 Å². The highest BCUT2D eigenvalue weighted by Gasteiger charge is 2.11. The Kier molecular flexibility index (Phi) is 7.63. The van der Waals surface area contributed by atoms with Crippen LogP contribution in [0.5, 0.6) is 5.75 Å². The number of halogens is 4. The molecule has 0 aliphatic heterocycles. The van der Waals surface area contributed by atoms with Gasteiger partial charge in [-0.1, -0.05) is 35.3 Å². The van der Waals surface area contributed by atoms with E-state index in [1.165, 1.54) is 36.4 Å². The maximum Gasteiger partial charge on any atom is 0.387 e. The molecule has 0 aromatic heterocycles. The summed E-state index contributed by atoms with van der Waals surface area (Å²) in [6.07, 6.45) is 0. The Morgan fingerprint density at radius 1 is 1.00 bits per heavy atom. The maximum absolute atomic E-state index is 12.3. The first-order chi connectivity index (χ1) is 12.9. The van der Waals surface area contributed by atoms with Gasteiger partial charge in [-0.05, 0) is 30.3 Å². The summed E-state index contributed by atoms with van der Waals surface area (Å²) in [7, 11) is 0. The molecule has 0 atom stereocenters. The Morgan fingerprint density at radius 2 is 1.70 bits per heavy atom. The molecular formula is C17H15Cl2F2N3O3. The predicted molar refractivity (Wildman–Crippen MR) is 98.9 cm³/mol. The number of nitrogens with one attached hydrogen (secondary N) is 3. The molecule has 0 fully saturated rings. The third-order valence-electron chi connectivity index (χ3n) is 3.23. The summed E-state index contributed by atoms with van der Waals surface area (Å²) < 4.78 is 29.0. The van der Waals surface area contributed by atoms with Crippen molar-refractivity contribution in [3.8, 4) is 5.75 Å². The van der Waals surface area contributed by atoms with Crippen molar-refractivity contribution < 1.29 is 23.1 Å². The van der Waals surface area contributed by atoms with Crippen LogP contribution in [0.25, 0.3) is 0 Å². The van der Waals surface area contributed by atoms with Crippen molar-refractivity contribution in [2.24, 2.45) is 0 Å². The number of amides is 3. The first-order valence-electron chi connectivity index (χ1n) is 7.68. The zero-order chi connectivity index (χ0) is 19.8. The molecule has 0 unspecified atom stereocenters. The average molecular weight is 418 g/mol. The zero-order valence-electron chi connectivity index (χ0n) is 13.8. The summed E-state index contributed by atoms with van der Waals surface area (Å²) in [6.45, 7) is -2.76. The quantitative estimate of drug-likeness (QED) is 0.592. The molecule has 0 aliphatic carbocycles. The lowest BCUT2D eigenvalue weighted by Crippen LogP contribution is -2.36. The Morgan fingerprint density at radius 3 is 2.41 bits per heavy atom. The summed E-state index contributed by atoms with van der Waals surface area (Å²) >= 11 is 11.6. The number of urea groups is 1. The van der Waals surface area contributed by atoms with Gasteiger partial charge in [0.05, 0.1) is 15.7 Å². The fraction of sp³-hybridized carbons (Fsp3) is 0.176. The van der Waals surface area contributed by atoms with Crippen LogP contribution in [0, 0.1) is 0 Å². The molecular weight excluding hydrogens is 403 g/mol. The molecule has 0 aliphatic rings. The van der Waals surface area contributed by atoms with E-state index in [0.717, 1.165) is 0 Å². The van der Waals surface area contributed by atoms with Gasteiger partial charge >= 0.3 is 12.6 Å². The van der Waals surface area contributed by atoms with Crippen LogP contribution in [0.1, 0.15) is 10.4 Å². The van der Waals surface area contributed by atoms with E-state index in [-0.39, 0.29) is 35.5 Å². The number of hydrogen-bond donors (Lipinski definition) is 3. The van der Waals surface area contributed by atoms with Crippen molar-refractivity contribution >= 4 is 40.8 Å². The minimum Gasteiger partial charge on any atom is -0.433 e. The van der Waals surface area contributed by atoms with Gasteiger partial charge in [-0.25, -0.2) is 4.79 Å². The number of carbonyl (C=O) groups is 2. The summed E-state index contributed by atoms with van der Waals surface area (Å²) in [4.78, 5) is 23.8. The maximum atomic E-state index is 12.3. The Labute approximate surface area is 163 Å². The van der Waals surface area contributed by atoms with Gasteiger partial charge in [0.1, 0.15) is 5.75 Å². The van der Waals surface area contributed by atoms with Crippen LogP contribution in [0.4, 0.5) is 19.3 Å². The van der Waals surface area contributed by atoms with E-state index in [0.29, 0.717) is 10.6 Å². The molecule has 27 heavy (non-hydrogen) atoms. The largest absolute Gasteiger partial charge is 0.433 e. The van der Waals surface area contributed by atoms with Crippen LogP contribution in [-0.2, 0) is 0 Å². The smallest absolute Gasteiger partial charge is 0.387 e. The lowest BCUT2D eigenvalue weighted by atomic mass is 10.2. The summed E-state index contributed by atoms with van der Waals surface area (Å²) in [5.74, 6) is -0.540. The van der Waals surface area contributed by atoms with Gasteiger partial charge in [0, 0.05) is 18.7 Å². The number of ether oxygens (including phenoxy) is 1. The van der Waals surface area contributed by atoms with Crippen LogP contribution >= 0.6 is 23.2 Å². The monoisotopic (exact) mass is 417 g/mol. The second-order valence-electron chi connectivity index (χ2n) is 5.14. The highest BCUT2D eigenvalue weighted by atomic mass is 35.5. The molecule has 0 spiro atoms. The molecule has 10 heteroatoms. The standard InChI is InChI=1S/C17H15Cl2F2N3O3/c18-11-6-5-10(9-12(11)19)15(25)22-7-8-23-17(26)24-13-3-1-2-4-14(13)27-16(20)21/h1-6,9,16H,7-8H2,(H,22,25)(H2,23,24,26). The van der Waals surface area contributed by atoms with Crippen LogP contribution in [-0.4, -0.2) is 31.6 Å². The van der Waals surface area contributed by atoms with Gasteiger partial charge in [-0.2, -0.15) is 8.78 Å².